The molecule has 0 aliphatic heterocycles. The molecule has 0 bridgehead atoms. The number of hydrogen-bond acceptors (Lipinski definition) is 3. The van der Waals surface area contributed by atoms with Gasteiger partial charge in [-0.25, -0.2) is 4.98 Å². The summed E-state index contributed by atoms with van der Waals surface area (Å²) in [6.07, 6.45) is 0.794. The van der Waals surface area contributed by atoms with Crippen molar-refractivity contribution in [2.24, 2.45) is 0 Å². The molecule has 5 heteroatoms. The van der Waals surface area contributed by atoms with Gasteiger partial charge in [-0.1, -0.05) is 48.3 Å². The van der Waals surface area contributed by atoms with Crippen LogP contribution in [-0.4, -0.2) is 4.98 Å². The number of thiazole rings is 1. The third-order valence-electron chi connectivity index (χ3n) is 3.10. The quantitative estimate of drug-likeness (QED) is 0.772. The molecule has 0 spiro atoms. The highest BCUT2D eigenvalue weighted by Gasteiger charge is 2.23. The van der Waals surface area contributed by atoms with Crippen LogP contribution in [0.3, 0.4) is 0 Å². The number of anilines is 1. The molecule has 0 aliphatic rings. The summed E-state index contributed by atoms with van der Waals surface area (Å²) < 4.78 is 1.08. The molecule has 0 unspecified atom stereocenters. The lowest BCUT2D eigenvalue weighted by Gasteiger charge is -2.18. The molecule has 1 heterocycles. The standard InChI is InChI=1S/C15H18BrClN2S/c1-8-5-10(16)9(6-11(8)17)7-12-13(15(2,3)4)19-14(18)20-12/h5-6H,7H2,1-4H3,(H2,18,19). The SMILES string of the molecule is Cc1cc(Br)c(Cc2sc(N)nc2C(C)(C)C)cc1Cl. The first kappa shape index (κ1) is 15.8. The number of aromatic nitrogens is 1. The van der Waals surface area contributed by atoms with Gasteiger partial charge in [0.15, 0.2) is 5.13 Å². The van der Waals surface area contributed by atoms with Crippen LogP contribution in [0.15, 0.2) is 16.6 Å². The molecule has 0 radical (unpaired) electrons. The van der Waals surface area contributed by atoms with Crippen molar-refractivity contribution in [3.8, 4) is 0 Å². The number of nitrogens with two attached hydrogens (primary N) is 1. The average molecular weight is 374 g/mol. The van der Waals surface area contributed by atoms with Gasteiger partial charge in [0.25, 0.3) is 0 Å². The first-order valence-corrected chi connectivity index (χ1v) is 8.37. The number of benzene rings is 1. The Hall–Kier alpha value is -0.580. The summed E-state index contributed by atoms with van der Waals surface area (Å²) in [4.78, 5) is 5.70. The van der Waals surface area contributed by atoms with E-state index in [2.05, 4.69) is 47.8 Å². The van der Waals surface area contributed by atoms with Crippen molar-refractivity contribution in [2.75, 3.05) is 5.73 Å². The van der Waals surface area contributed by atoms with Gasteiger partial charge in [-0.3, -0.25) is 0 Å². The minimum Gasteiger partial charge on any atom is -0.375 e. The zero-order valence-electron chi connectivity index (χ0n) is 12.1. The van der Waals surface area contributed by atoms with Crippen molar-refractivity contribution >= 4 is 44.0 Å². The molecule has 108 valence electrons. The summed E-state index contributed by atoms with van der Waals surface area (Å²) >= 11 is 11.4. The summed E-state index contributed by atoms with van der Waals surface area (Å²) in [6, 6.07) is 4.07. The lowest BCUT2D eigenvalue weighted by atomic mass is 9.90. The van der Waals surface area contributed by atoms with Crippen LogP contribution in [0.4, 0.5) is 5.13 Å². The van der Waals surface area contributed by atoms with Gasteiger partial charge in [-0.2, -0.15) is 0 Å². The zero-order chi connectivity index (χ0) is 15.1. The summed E-state index contributed by atoms with van der Waals surface area (Å²) in [5.74, 6) is 0. The van der Waals surface area contributed by atoms with Gasteiger partial charge in [-0.05, 0) is 30.2 Å². The first-order chi connectivity index (χ1) is 9.18. The lowest BCUT2D eigenvalue weighted by Crippen LogP contribution is -2.14. The third kappa shape index (κ3) is 3.35. The van der Waals surface area contributed by atoms with Gasteiger partial charge >= 0.3 is 0 Å². The van der Waals surface area contributed by atoms with E-state index in [0.717, 1.165) is 32.7 Å². The second-order valence-corrected chi connectivity index (χ2v) is 8.32. The second-order valence-electron chi connectivity index (χ2n) is 5.94. The maximum atomic E-state index is 6.23. The van der Waals surface area contributed by atoms with E-state index in [1.165, 1.54) is 4.88 Å². The van der Waals surface area contributed by atoms with Crippen molar-refractivity contribution < 1.29 is 0 Å². The van der Waals surface area contributed by atoms with Crippen LogP contribution in [0, 0.1) is 6.92 Å². The molecule has 0 atom stereocenters. The fourth-order valence-electron chi connectivity index (χ4n) is 2.07. The van der Waals surface area contributed by atoms with Crippen LogP contribution in [-0.2, 0) is 11.8 Å². The Morgan fingerprint density at radius 2 is 2.00 bits per heavy atom. The predicted molar refractivity (Wildman–Crippen MR) is 91.9 cm³/mol. The van der Waals surface area contributed by atoms with Crippen LogP contribution in [0.1, 0.15) is 42.5 Å². The van der Waals surface area contributed by atoms with Crippen molar-refractivity contribution in [3.05, 3.63) is 43.3 Å². The van der Waals surface area contributed by atoms with Gasteiger partial charge in [0.2, 0.25) is 0 Å². The second kappa shape index (κ2) is 5.66. The fraction of sp³-hybridized carbons (Fsp3) is 0.400. The van der Waals surface area contributed by atoms with E-state index in [1.54, 1.807) is 11.3 Å². The lowest BCUT2D eigenvalue weighted by molar-refractivity contribution is 0.568. The monoisotopic (exact) mass is 372 g/mol. The molecular formula is C15H18BrClN2S. The Balaban J connectivity index is 2.43. The van der Waals surface area contributed by atoms with E-state index in [1.807, 2.05) is 13.0 Å². The van der Waals surface area contributed by atoms with Gasteiger partial charge in [0.1, 0.15) is 0 Å². The zero-order valence-corrected chi connectivity index (χ0v) is 15.2. The Kier molecular flexibility index (Phi) is 4.47. The van der Waals surface area contributed by atoms with E-state index < -0.39 is 0 Å². The number of nitrogens with zero attached hydrogens (tertiary/aromatic N) is 1. The summed E-state index contributed by atoms with van der Waals surface area (Å²) in [5, 5.41) is 1.41. The van der Waals surface area contributed by atoms with E-state index in [0.29, 0.717) is 5.13 Å². The van der Waals surface area contributed by atoms with E-state index >= 15 is 0 Å². The molecule has 0 saturated carbocycles. The summed E-state index contributed by atoms with van der Waals surface area (Å²) in [5.41, 5.74) is 9.19. The number of hydrogen-bond donors (Lipinski definition) is 1. The van der Waals surface area contributed by atoms with E-state index in [4.69, 9.17) is 17.3 Å². The molecule has 2 aromatic rings. The Morgan fingerprint density at radius 1 is 1.35 bits per heavy atom. The average Bonchev–Trinajstić information content (AvgIpc) is 2.67. The molecule has 0 amide bonds. The minimum absolute atomic E-state index is 0.00950. The number of nitrogen functional groups attached to an aromatic ring is 1. The largest absolute Gasteiger partial charge is 0.375 e. The molecule has 0 fully saturated rings. The van der Waals surface area contributed by atoms with Crippen LogP contribution in [0.25, 0.3) is 0 Å². The maximum absolute atomic E-state index is 6.23. The topological polar surface area (TPSA) is 38.9 Å². The summed E-state index contributed by atoms with van der Waals surface area (Å²) in [7, 11) is 0. The van der Waals surface area contributed by atoms with Crippen molar-refractivity contribution in [2.45, 2.75) is 39.5 Å². The van der Waals surface area contributed by atoms with Crippen LogP contribution in [0.5, 0.6) is 0 Å². The van der Waals surface area contributed by atoms with Crippen molar-refractivity contribution in [1.82, 2.24) is 4.98 Å². The number of aryl methyl sites for hydroxylation is 1. The third-order valence-corrected chi connectivity index (χ3v) is 5.13. The fourth-order valence-corrected chi connectivity index (χ4v) is 3.92. The minimum atomic E-state index is -0.00950. The van der Waals surface area contributed by atoms with E-state index in [9.17, 15) is 0 Å². The number of halogens is 2. The first-order valence-electron chi connectivity index (χ1n) is 6.38. The van der Waals surface area contributed by atoms with Gasteiger partial charge in [0.05, 0.1) is 5.69 Å². The predicted octanol–water partition coefficient (Wildman–Crippen LogP) is 5.34. The van der Waals surface area contributed by atoms with Crippen LogP contribution >= 0.6 is 38.9 Å². The highest BCUT2D eigenvalue weighted by Crippen LogP contribution is 2.34. The smallest absolute Gasteiger partial charge is 0.180 e. The Bertz CT molecular complexity index is 644. The van der Waals surface area contributed by atoms with Gasteiger partial charge < -0.3 is 5.73 Å². The van der Waals surface area contributed by atoms with Crippen LogP contribution < -0.4 is 5.73 Å². The number of rotatable bonds is 2. The molecule has 1 aromatic carbocycles. The molecule has 0 saturated heterocycles. The molecule has 2 N–H and O–H groups in total. The summed E-state index contributed by atoms with van der Waals surface area (Å²) in [6.45, 7) is 8.47. The highest BCUT2D eigenvalue weighted by molar-refractivity contribution is 9.10. The normalized spacial score (nSPS) is 11.9. The molecule has 1 aromatic heterocycles. The van der Waals surface area contributed by atoms with Crippen molar-refractivity contribution in [1.29, 1.82) is 0 Å². The molecule has 0 aliphatic carbocycles. The molecular weight excluding hydrogens is 356 g/mol. The maximum Gasteiger partial charge on any atom is 0.180 e. The Labute approximate surface area is 137 Å². The van der Waals surface area contributed by atoms with Crippen LogP contribution in [0.2, 0.25) is 5.02 Å². The van der Waals surface area contributed by atoms with Gasteiger partial charge in [-0.15, -0.1) is 11.3 Å². The molecule has 20 heavy (non-hydrogen) atoms. The van der Waals surface area contributed by atoms with Gasteiger partial charge in [0, 0.05) is 26.2 Å². The molecule has 2 nitrogen and oxygen atoms in total. The van der Waals surface area contributed by atoms with Crippen molar-refractivity contribution in [3.63, 3.8) is 0 Å². The Morgan fingerprint density at radius 3 is 2.60 bits per heavy atom. The van der Waals surface area contributed by atoms with E-state index in [-0.39, 0.29) is 5.41 Å². The molecule has 2 rings (SSSR count). The highest BCUT2D eigenvalue weighted by atomic mass is 79.9.